The van der Waals surface area contributed by atoms with Gasteiger partial charge in [-0.25, -0.2) is 4.39 Å². The Balaban J connectivity index is 2.26. The predicted molar refractivity (Wildman–Crippen MR) is 83.9 cm³/mol. The number of carbonyl (C=O) groups is 1. The Kier molecular flexibility index (Phi) is 4.58. The Morgan fingerprint density at radius 2 is 2.00 bits per heavy atom. The molecule has 0 fully saturated rings. The fraction of sp³-hybridized carbons (Fsp3) is 0.235. The summed E-state index contributed by atoms with van der Waals surface area (Å²) in [6, 6.07) is 10.3. The van der Waals surface area contributed by atoms with Crippen molar-refractivity contribution >= 4 is 17.3 Å². The summed E-state index contributed by atoms with van der Waals surface area (Å²) in [6.45, 7) is 3.66. The number of nitrogen functional groups attached to an aromatic ring is 1. The second-order valence-electron chi connectivity index (χ2n) is 5.03. The normalized spacial score (nSPS) is 10.4. The van der Waals surface area contributed by atoms with E-state index in [9.17, 15) is 9.18 Å². The van der Waals surface area contributed by atoms with Crippen molar-refractivity contribution in [3.63, 3.8) is 0 Å². The van der Waals surface area contributed by atoms with Gasteiger partial charge < -0.3 is 11.1 Å². The van der Waals surface area contributed by atoms with E-state index >= 15 is 0 Å². The maximum absolute atomic E-state index is 13.7. The van der Waals surface area contributed by atoms with E-state index in [4.69, 9.17) is 5.73 Å². The third-order valence-electron chi connectivity index (χ3n) is 3.43. The van der Waals surface area contributed by atoms with Gasteiger partial charge in [0.05, 0.1) is 0 Å². The third kappa shape index (κ3) is 3.40. The van der Waals surface area contributed by atoms with Crippen LogP contribution in [0, 0.1) is 12.7 Å². The standard InChI is InChI=1S/C17H19FN2O/c1-3-6-12-7-4-5-8-16(12)20-17(21)13-9-14(18)11(2)15(19)10-13/h4-5,7-10H,3,6,19H2,1-2H3,(H,20,21). The molecule has 0 aliphatic heterocycles. The first-order chi connectivity index (χ1) is 10.0. The van der Waals surface area contributed by atoms with Gasteiger partial charge in [0.25, 0.3) is 5.91 Å². The van der Waals surface area contributed by atoms with Gasteiger partial charge in [-0.15, -0.1) is 0 Å². The van der Waals surface area contributed by atoms with Crippen LogP contribution < -0.4 is 11.1 Å². The number of nitrogens with one attached hydrogen (secondary N) is 1. The number of para-hydroxylation sites is 1. The van der Waals surface area contributed by atoms with E-state index in [1.807, 2.05) is 24.3 Å². The molecule has 4 heteroatoms. The lowest BCUT2D eigenvalue weighted by Crippen LogP contribution is -2.14. The van der Waals surface area contributed by atoms with Crippen LogP contribution in [0.1, 0.15) is 34.8 Å². The summed E-state index contributed by atoms with van der Waals surface area (Å²) in [4.78, 5) is 12.3. The first kappa shape index (κ1) is 15.0. The van der Waals surface area contributed by atoms with Crippen LogP contribution in [0.15, 0.2) is 36.4 Å². The smallest absolute Gasteiger partial charge is 0.255 e. The maximum Gasteiger partial charge on any atom is 0.255 e. The molecule has 0 heterocycles. The molecule has 0 radical (unpaired) electrons. The molecule has 0 spiro atoms. The Bertz CT molecular complexity index is 645. The lowest BCUT2D eigenvalue weighted by atomic mass is 10.1. The van der Waals surface area contributed by atoms with E-state index < -0.39 is 5.82 Å². The molecule has 3 N–H and O–H groups in total. The van der Waals surface area contributed by atoms with Gasteiger partial charge in [0.2, 0.25) is 0 Å². The van der Waals surface area contributed by atoms with Crippen molar-refractivity contribution in [2.24, 2.45) is 0 Å². The second-order valence-corrected chi connectivity index (χ2v) is 5.03. The summed E-state index contributed by atoms with van der Waals surface area (Å²) in [5.41, 5.74) is 8.39. The van der Waals surface area contributed by atoms with E-state index in [-0.39, 0.29) is 17.2 Å². The minimum atomic E-state index is -0.470. The van der Waals surface area contributed by atoms with E-state index in [2.05, 4.69) is 12.2 Å². The van der Waals surface area contributed by atoms with Crippen molar-refractivity contribution in [1.29, 1.82) is 0 Å². The van der Waals surface area contributed by atoms with Crippen molar-refractivity contribution in [2.45, 2.75) is 26.7 Å². The van der Waals surface area contributed by atoms with Crippen LogP contribution in [0.5, 0.6) is 0 Å². The van der Waals surface area contributed by atoms with Gasteiger partial charge in [0.1, 0.15) is 5.82 Å². The van der Waals surface area contributed by atoms with Crippen molar-refractivity contribution in [2.75, 3.05) is 11.1 Å². The van der Waals surface area contributed by atoms with Gasteiger partial charge in [0, 0.05) is 22.5 Å². The summed E-state index contributed by atoms with van der Waals surface area (Å²) < 4.78 is 13.7. The van der Waals surface area contributed by atoms with Gasteiger partial charge >= 0.3 is 0 Å². The highest BCUT2D eigenvalue weighted by molar-refractivity contribution is 6.05. The van der Waals surface area contributed by atoms with Crippen LogP contribution in [0.2, 0.25) is 0 Å². The number of anilines is 2. The summed E-state index contributed by atoms with van der Waals surface area (Å²) in [5, 5.41) is 2.82. The minimum absolute atomic E-state index is 0.224. The quantitative estimate of drug-likeness (QED) is 0.837. The molecule has 2 aromatic carbocycles. The van der Waals surface area contributed by atoms with Crippen LogP contribution in [0.4, 0.5) is 15.8 Å². The fourth-order valence-corrected chi connectivity index (χ4v) is 2.16. The van der Waals surface area contributed by atoms with Crippen LogP contribution in [0.3, 0.4) is 0 Å². The molecule has 0 bridgehead atoms. The molecule has 0 saturated heterocycles. The highest BCUT2D eigenvalue weighted by atomic mass is 19.1. The fourth-order valence-electron chi connectivity index (χ4n) is 2.16. The summed E-state index contributed by atoms with van der Waals surface area (Å²) in [6.07, 6.45) is 1.86. The molecule has 3 nitrogen and oxygen atoms in total. The van der Waals surface area contributed by atoms with Crippen molar-refractivity contribution in [1.82, 2.24) is 0 Å². The predicted octanol–water partition coefficient (Wildman–Crippen LogP) is 3.92. The number of rotatable bonds is 4. The molecular formula is C17H19FN2O. The van der Waals surface area contributed by atoms with E-state index in [0.29, 0.717) is 5.56 Å². The lowest BCUT2D eigenvalue weighted by molar-refractivity contribution is 0.102. The van der Waals surface area contributed by atoms with E-state index in [1.54, 1.807) is 6.92 Å². The molecule has 0 aromatic heterocycles. The monoisotopic (exact) mass is 286 g/mol. The van der Waals surface area contributed by atoms with Gasteiger partial charge in [-0.05, 0) is 37.1 Å². The van der Waals surface area contributed by atoms with Crippen molar-refractivity contribution < 1.29 is 9.18 Å². The van der Waals surface area contributed by atoms with Crippen molar-refractivity contribution in [3.8, 4) is 0 Å². The number of nitrogens with two attached hydrogens (primary N) is 1. The average Bonchev–Trinajstić information content (AvgIpc) is 2.46. The number of hydrogen-bond acceptors (Lipinski definition) is 2. The van der Waals surface area contributed by atoms with E-state index in [0.717, 1.165) is 24.1 Å². The van der Waals surface area contributed by atoms with Crippen LogP contribution in [-0.2, 0) is 6.42 Å². The second kappa shape index (κ2) is 6.39. The number of carbonyl (C=O) groups excluding carboxylic acids is 1. The molecule has 1 amide bonds. The summed E-state index contributed by atoms with van der Waals surface area (Å²) >= 11 is 0. The van der Waals surface area contributed by atoms with Gasteiger partial charge in [-0.2, -0.15) is 0 Å². The Morgan fingerprint density at radius 3 is 2.67 bits per heavy atom. The van der Waals surface area contributed by atoms with Crippen LogP contribution in [0.25, 0.3) is 0 Å². The van der Waals surface area contributed by atoms with Gasteiger partial charge in [-0.3, -0.25) is 4.79 Å². The average molecular weight is 286 g/mol. The molecule has 0 atom stereocenters. The number of amides is 1. The first-order valence-corrected chi connectivity index (χ1v) is 6.97. The molecule has 2 aromatic rings. The Labute approximate surface area is 124 Å². The highest BCUT2D eigenvalue weighted by Gasteiger charge is 2.12. The van der Waals surface area contributed by atoms with Gasteiger partial charge in [-0.1, -0.05) is 31.5 Å². The van der Waals surface area contributed by atoms with Gasteiger partial charge in [0.15, 0.2) is 0 Å². The Hall–Kier alpha value is -2.36. The number of aryl methyl sites for hydroxylation is 1. The molecule has 0 aliphatic rings. The van der Waals surface area contributed by atoms with Crippen LogP contribution in [-0.4, -0.2) is 5.91 Å². The summed E-state index contributed by atoms with van der Waals surface area (Å²) in [7, 11) is 0. The third-order valence-corrected chi connectivity index (χ3v) is 3.43. The number of hydrogen-bond donors (Lipinski definition) is 2. The molecular weight excluding hydrogens is 267 g/mol. The minimum Gasteiger partial charge on any atom is -0.398 e. The zero-order valence-electron chi connectivity index (χ0n) is 12.2. The maximum atomic E-state index is 13.7. The number of halogens is 1. The van der Waals surface area contributed by atoms with Crippen molar-refractivity contribution in [3.05, 3.63) is 58.9 Å². The Morgan fingerprint density at radius 1 is 1.29 bits per heavy atom. The molecule has 110 valence electrons. The molecule has 0 aliphatic carbocycles. The summed E-state index contributed by atoms with van der Waals surface area (Å²) in [5.74, 6) is -0.828. The lowest BCUT2D eigenvalue weighted by Gasteiger charge is -2.11. The highest BCUT2D eigenvalue weighted by Crippen LogP contribution is 2.21. The largest absolute Gasteiger partial charge is 0.398 e. The SMILES string of the molecule is CCCc1ccccc1NC(=O)c1cc(N)c(C)c(F)c1. The zero-order valence-corrected chi connectivity index (χ0v) is 12.2. The van der Waals surface area contributed by atoms with Crippen LogP contribution >= 0.6 is 0 Å². The first-order valence-electron chi connectivity index (χ1n) is 6.97. The molecule has 0 unspecified atom stereocenters. The van der Waals surface area contributed by atoms with E-state index in [1.165, 1.54) is 12.1 Å². The zero-order chi connectivity index (χ0) is 15.4. The number of benzene rings is 2. The molecule has 2 rings (SSSR count). The molecule has 0 saturated carbocycles. The molecule has 21 heavy (non-hydrogen) atoms. The topological polar surface area (TPSA) is 55.1 Å².